The highest BCUT2D eigenvalue weighted by atomic mass is 16.5. The third-order valence-electron chi connectivity index (χ3n) is 6.43. The molecule has 152 valence electrons. The van der Waals surface area contributed by atoms with Crippen molar-refractivity contribution < 1.29 is 9.53 Å². The van der Waals surface area contributed by atoms with Crippen molar-refractivity contribution in [2.24, 2.45) is 0 Å². The SMILES string of the molecule is Cc1ccnc(N2CCC3(CC2)OCCN(CC2CNc4ccccc42)C3=O)n1. The maximum atomic E-state index is 13.4. The first-order valence-corrected chi connectivity index (χ1v) is 10.5. The van der Waals surface area contributed by atoms with Gasteiger partial charge in [-0.15, -0.1) is 0 Å². The molecule has 1 unspecified atom stereocenters. The van der Waals surface area contributed by atoms with Gasteiger partial charge in [0.25, 0.3) is 5.91 Å². The van der Waals surface area contributed by atoms with Crippen molar-refractivity contribution in [1.29, 1.82) is 0 Å². The molecule has 4 heterocycles. The summed E-state index contributed by atoms with van der Waals surface area (Å²) in [5.41, 5.74) is 2.77. The van der Waals surface area contributed by atoms with E-state index in [0.717, 1.165) is 37.8 Å². The molecule has 29 heavy (non-hydrogen) atoms. The molecule has 0 aliphatic carbocycles. The summed E-state index contributed by atoms with van der Waals surface area (Å²) in [6.45, 7) is 6.35. The number of carbonyl (C=O) groups is 1. The van der Waals surface area contributed by atoms with Gasteiger partial charge in [-0.05, 0) is 24.6 Å². The Morgan fingerprint density at radius 1 is 1.21 bits per heavy atom. The Bertz CT molecular complexity index is 910. The summed E-state index contributed by atoms with van der Waals surface area (Å²) in [4.78, 5) is 26.5. The van der Waals surface area contributed by atoms with Gasteiger partial charge >= 0.3 is 0 Å². The van der Waals surface area contributed by atoms with E-state index in [-0.39, 0.29) is 5.91 Å². The van der Waals surface area contributed by atoms with Crippen molar-refractivity contribution in [2.45, 2.75) is 31.3 Å². The number of rotatable bonds is 3. The largest absolute Gasteiger partial charge is 0.384 e. The van der Waals surface area contributed by atoms with Crippen LogP contribution in [0.15, 0.2) is 36.5 Å². The second-order valence-corrected chi connectivity index (χ2v) is 8.24. The molecule has 1 aromatic carbocycles. The lowest BCUT2D eigenvalue weighted by atomic mass is 9.88. The molecule has 1 amide bonds. The summed E-state index contributed by atoms with van der Waals surface area (Å²) in [7, 11) is 0. The Labute approximate surface area is 171 Å². The lowest BCUT2D eigenvalue weighted by molar-refractivity contribution is -0.175. The van der Waals surface area contributed by atoms with E-state index in [4.69, 9.17) is 4.74 Å². The summed E-state index contributed by atoms with van der Waals surface area (Å²) >= 11 is 0. The summed E-state index contributed by atoms with van der Waals surface area (Å²) in [5.74, 6) is 1.23. The molecule has 2 aromatic rings. The average Bonchev–Trinajstić information content (AvgIpc) is 3.15. The highest BCUT2D eigenvalue weighted by molar-refractivity contribution is 5.86. The summed E-state index contributed by atoms with van der Waals surface area (Å²) in [6.07, 6.45) is 3.15. The van der Waals surface area contributed by atoms with E-state index in [1.54, 1.807) is 6.20 Å². The molecule has 7 nitrogen and oxygen atoms in total. The van der Waals surface area contributed by atoms with E-state index in [1.165, 1.54) is 11.3 Å². The fraction of sp³-hybridized carbons (Fsp3) is 0.500. The Morgan fingerprint density at radius 3 is 2.86 bits per heavy atom. The summed E-state index contributed by atoms with van der Waals surface area (Å²) < 4.78 is 6.12. The Hall–Kier alpha value is -2.67. The fourth-order valence-electron chi connectivity index (χ4n) is 4.78. The van der Waals surface area contributed by atoms with Crippen molar-refractivity contribution in [3.8, 4) is 0 Å². The number of para-hydroxylation sites is 1. The van der Waals surface area contributed by atoms with Crippen LogP contribution in [-0.4, -0.2) is 65.7 Å². The quantitative estimate of drug-likeness (QED) is 0.862. The molecule has 5 rings (SSSR count). The number of hydrogen-bond donors (Lipinski definition) is 1. The predicted octanol–water partition coefficient (Wildman–Crippen LogP) is 2.19. The minimum atomic E-state index is -0.690. The number of nitrogens with one attached hydrogen (secondary N) is 1. The van der Waals surface area contributed by atoms with Crippen molar-refractivity contribution in [3.05, 3.63) is 47.8 Å². The molecule has 7 heteroatoms. The van der Waals surface area contributed by atoms with E-state index in [2.05, 4.69) is 44.5 Å². The maximum Gasteiger partial charge on any atom is 0.255 e. The zero-order valence-corrected chi connectivity index (χ0v) is 16.8. The minimum absolute atomic E-state index is 0.151. The molecule has 3 aliphatic rings. The van der Waals surface area contributed by atoms with Crippen molar-refractivity contribution in [3.63, 3.8) is 0 Å². The van der Waals surface area contributed by atoms with Crippen LogP contribution in [0.1, 0.15) is 30.0 Å². The van der Waals surface area contributed by atoms with Crippen LogP contribution in [0.4, 0.5) is 11.6 Å². The van der Waals surface area contributed by atoms with E-state index in [0.29, 0.717) is 31.9 Å². The van der Waals surface area contributed by atoms with E-state index < -0.39 is 5.60 Å². The molecule has 3 aliphatic heterocycles. The zero-order chi connectivity index (χ0) is 19.8. The van der Waals surface area contributed by atoms with Crippen LogP contribution in [0.2, 0.25) is 0 Å². The number of fused-ring (bicyclic) bond motifs is 1. The number of benzene rings is 1. The molecule has 0 saturated carbocycles. The van der Waals surface area contributed by atoms with Crippen LogP contribution in [-0.2, 0) is 9.53 Å². The standard InChI is InChI=1S/C22H27N5O2/c1-16-6-9-23-21(25-16)26-10-7-22(8-11-26)20(28)27(12-13-29-22)15-17-14-24-19-5-3-2-4-18(17)19/h2-6,9,17,24H,7-8,10-15H2,1H3. The Balaban J connectivity index is 1.27. The highest BCUT2D eigenvalue weighted by Crippen LogP contribution is 2.36. The van der Waals surface area contributed by atoms with Crippen LogP contribution < -0.4 is 10.2 Å². The number of hydrogen-bond acceptors (Lipinski definition) is 6. The van der Waals surface area contributed by atoms with Gasteiger partial charge in [-0.1, -0.05) is 18.2 Å². The molecule has 2 saturated heterocycles. The number of anilines is 2. The third-order valence-corrected chi connectivity index (χ3v) is 6.43. The molecule has 2 fully saturated rings. The maximum absolute atomic E-state index is 13.4. The molecule has 1 spiro atoms. The number of nitrogens with zero attached hydrogens (tertiary/aromatic N) is 4. The monoisotopic (exact) mass is 393 g/mol. The predicted molar refractivity (Wildman–Crippen MR) is 111 cm³/mol. The first-order valence-electron chi connectivity index (χ1n) is 10.5. The van der Waals surface area contributed by atoms with Crippen LogP contribution in [0.5, 0.6) is 0 Å². The van der Waals surface area contributed by atoms with Crippen molar-refractivity contribution >= 4 is 17.5 Å². The number of piperidine rings is 1. The molecule has 0 radical (unpaired) electrons. The molecular weight excluding hydrogens is 366 g/mol. The van der Waals surface area contributed by atoms with Crippen LogP contribution in [0.25, 0.3) is 0 Å². The molecule has 1 N–H and O–H groups in total. The normalized spacial score (nSPS) is 23.2. The average molecular weight is 393 g/mol. The molecular formula is C22H27N5O2. The van der Waals surface area contributed by atoms with Crippen LogP contribution in [0, 0.1) is 6.92 Å². The van der Waals surface area contributed by atoms with Gasteiger partial charge < -0.3 is 19.9 Å². The van der Waals surface area contributed by atoms with E-state index >= 15 is 0 Å². The first-order chi connectivity index (χ1) is 14.1. The lowest BCUT2D eigenvalue weighted by Crippen LogP contribution is -2.61. The van der Waals surface area contributed by atoms with Crippen molar-refractivity contribution in [1.82, 2.24) is 14.9 Å². The number of aryl methyl sites for hydroxylation is 1. The third kappa shape index (κ3) is 3.33. The topological polar surface area (TPSA) is 70.6 Å². The number of carbonyl (C=O) groups excluding carboxylic acids is 1. The van der Waals surface area contributed by atoms with Crippen LogP contribution in [0.3, 0.4) is 0 Å². The van der Waals surface area contributed by atoms with E-state index in [9.17, 15) is 4.79 Å². The Kier molecular flexibility index (Phi) is 4.62. The van der Waals surface area contributed by atoms with Gasteiger partial charge in [0.1, 0.15) is 5.60 Å². The number of morpholine rings is 1. The zero-order valence-electron chi connectivity index (χ0n) is 16.8. The molecule has 0 bridgehead atoms. The molecule has 1 aromatic heterocycles. The van der Waals surface area contributed by atoms with Gasteiger partial charge in [0.15, 0.2) is 0 Å². The number of amides is 1. The number of aromatic nitrogens is 2. The summed E-state index contributed by atoms with van der Waals surface area (Å²) in [6, 6.07) is 10.3. The van der Waals surface area contributed by atoms with Crippen LogP contribution >= 0.6 is 0 Å². The smallest absolute Gasteiger partial charge is 0.255 e. The van der Waals surface area contributed by atoms with Gasteiger partial charge in [0, 0.05) is 69.1 Å². The first kappa shape index (κ1) is 18.4. The van der Waals surface area contributed by atoms with Gasteiger partial charge in [0.05, 0.1) is 6.61 Å². The molecule has 1 atom stereocenters. The van der Waals surface area contributed by atoms with Gasteiger partial charge in [-0.3, -0.25) is 4.79 Å². The Morgan fingerprint density at radius 2 is 2.03 bits per heavy atom. The van der Waals surface area contributed by atoms with Gasteiger partial charge in [-0.25, -0.2) is 9.97 Å². The van der Waals surface area contributed by atoms with E-state index in [1.807, 2.05) is 17.9 Å². The summed E-state index contributed by atoms with van der Waals surface area (Å²) in [5, 5.41) is 3.46. The van der Waals surface area contributed by atoms with Gasteiger partial charge in [-0.2, -0.15) is 0 Å². The fourth-order valence-corrected chi connectivity index (χ4v) is 4.78. The highest BCUT2D eigenvalue weighted by Gasteiger charge is 2.48. The second-order valence-electron chi connectivity index (χ2n) is 8.24. The second kappa shape index (κ2) is 7.30. The van der Waals surface area contributed by atoms with Gasteiger partial charge in [0.2, 0.25) is 5.95 Å². The lowest BCUT2D eigenvalue weighted by Gasteiger charge is -2.46. The minimum Gasteiger partial charge on any atom is -0.384 e. The van der Waals surface area contributed by atoms with Crippen molar-refractivity contribution in [2.75, 3.05) is 49.5 Å². The number of ether oxygens (including phenoxy) is 1.